The van der Waals surface area contributed by atoms with Crippen LogP contribution in [-0.4, -0.2) is 19.7 Å². The van der Waals surface area contributed by atoms with Crippen LogP contribution < -0.4 is 11.1 Å². The molecule has 112 valence electrons. The van der Waals surface area contributed by atoms with Crippen LogP contribution in [0, 0.1) is 0 Å². The second kappa shape index (κ2) is 6.03. The van der Waals surface area contributed by atoms with Crippen molar-refractivity contribution in [2.75, 3.05) is 11.1 Å². The van der Waals surface area contributed by atoms with Gasteiger partial charge in [0.2, 0.25) is 5.95 Å². The van der Waals surface area contributed by atoms with Crippen molar-refractivity contribution >= 4 is 23.4 Å². The number of aromatic nitrogens is 4. The van der Waals surface area contributed by atoms with Gasteiger partial charge in [-0.1, -0.05) is 23.7 Å². The first-order chi connectivity index (χ1) is 10.6. The molecule has 1 aromatic carbocycles. The number of hydrogen-bond donors (Lipinski definition) is 2. The number of nitrogen functional groups attached to an aromatic ring is 1. The Balaban J connectivity index is 1.76. The molecule has 0 aliphatic heterocycles. The van der Waals surface area contributed by atoms with Crippen molar-refractivity contribution in [3.8, 4) is 5.69 Å². The maximum Gasteiger partial charge on any atom is 0.223 e. The Bertz CT molecular complexity index is 734. The summed E-state index contributed by atoms with van der Waals surface area (Å²) in [4.78, 5) is 7.95. The molecule has 3 rings (SSSR count). The Hall–Kier alpha value is -2.60. The molecule has 0 aliphatic rings. The highest BCUT2D eigenvalue weighted by atomic mass is 35.5. The van der Waals surface area contributed by atoms with E-state index >= 15 is 0 Å². The Labute approximate surface area is 133 Å². The molecular weight excluding hydrogens is 300 g/mol. The topological polar surface area (TPSA) is 81.6 Å². The van der Waals surface area contributed by atoms with Crippen molar-refractivity contribution < 1.29 is 0 Å². The number of nitrogens with two attached hydrogens (primary N) is 1. The molecule has 0 bridgehead atoms. The zero-order valence-electron chi connectivity index (χ0n) is 11.9. The predicted molar refractivity (Wildman–Crippen MR) is 87.1 cm³/mol. The van der Waals surface area contributed by atoms with Crippen molar-refractivity contribution in [3.05, 3.63) is 59.5 Å². The number of rotatable bonds is 4. The average molecular weight is 315 g/mol. The predicted octanol–water partition coefficient (Wildman–Crippen LogP) is 3.07. The van der Waals surface area contributed by atoms with Crippen LogP contribution in [0.3, 0.4) is 0 Å². The van der Waals surface area contributed by atoms with Gasteiger partial charge in [-0.3, -0.25) is 0 Å². The molecule has 0 saturated heterocycles. The van der Waals surface area contributed by atoms with Gasteiger partial charge in [-0.15, -0.1) is 0 Å². The number of nitrogens with one attached hydrogen (secondary N) is 1. The summed E-state index contributed by atoms with van der Waals surface area (Å²) in [6.07, 6.45) is 3.66. The normalized spacial score (nSPS) is 12.1. The van der Waals surface area contributed by atoms with Gasteiger partial charge in [0.15, 0.2) is 0 Å². The average Bonchev–Trinajstić information content (AvgIpc) is 3.00. The summed E-state index contributed by atoms with van der Waals surface area (Å²) in [6.45, 7) is 2.04. The molecule has 7 heteroatoms. The zero-order chi connectivity index (χ0) is 15.5. The lowest BCUT2D eigenvalue weighted by atomic mass is 10.1. The lowest BCUT2D eigenvalue weighted by Crippen LogP contribution is -2.09. The van der Waals surface area contributed by atoms with Crippen LogP contribution in [0.25, 0.3) is 5.69 Å². The van der Waals surface area contributed by atoms with Gasteiger partial charge >= 0.3 is 0 Å². The van der Waals surface area contributed by atoms with E-state index in [2.05, 4.69) is 20.4 Å². The molecule has 3 aromatic rings. The van der Waals surface area contributed by atoms with Gasteiger partial charge in [0, 0.05) is 24.5 Å². The summed E-state index contributed by atoms with van der Waals surface area (Å²) in [6, 6.07) is 11.7. The molecule has 3 N–H and O–H groups in total. The fourth-order valence-electron chi connectivity index (χ4n) is 2.15. The van der Waals surface area contributed by atoms with Crippen molar-refractivity contribution in [2.45, 2.75) is 13.0 Å². The summed E-state index contributed by atoms with van der Waals surface area (Å²) in [5, 5.41) is 7.78. The molecule has 0 aliphatic carbocycles. The highest BCUT2D eigenvalue weighted by Gasteiger charge is 2.08. The van der Waals surface area contributed by atoms with Gasteiger partial charge in [-0.05, 0) is 30.7 Å². The van der Waals surface area contributed by atoms with Gasteiger partial charge in [0.25, 0.3) is 0 Å². The van der Waals surface area contributed by atoms with Gasteiger partial charge < -0.3 is 11.1 Å². The van der Waals surface area contributed by atoms with E-state index in [-0.39, 0.29) is 12.0 Å². The highest BCUT2D eigenvalue weighted by molar-refractivity contribution is 6.29. The number of nitrogens with zero attached hydrogens (tertiary/aromatic N) is 4. The quantitative estimate of drug-likeness (QED) is 0.723. The van der Waals surface area contributed by atoms with Gasteiger partial charge in [-0.2, -0.15) is 10.1 Å². The summed E-state index contributed by atoms with van der Waals surface area (Å²) < 4.78 is 1.81. The van der Waals surface area contributed by atoms with Crippen LogP contribution >= 0.6 is 11.6 Å². The molecule has 6 nitrogen and oxygen atoms in total. The van der Waals surface area contributed by atoms with Crippen LogP contribution in [0.5, 0.6) is 0 Å². The molecule has 1 atom stereocenters. The van der Waals surface area contributed by atoms with E-state index in [9.17, 15) is 0 Å². The molecule has 0 amide bonds. The van der Waals surface area contributed by atoms with Crippen molar-refractivity contribution in [2.24, 2.45) is 0 Å². The molecule has 2 aromatic heterocycles. The second-order valence-corrected chi connectivity index (χ2v) is 5.23. The van der Waals surface area contributed by atoms with Crippen LogP contribution in [-0.2, 0) is 0 Å². The Morgan fingerprint density at radius 3 is 2.64 bits per heavy atom. The van der Waals surface area contributed by atoms with E-state index in [0.717, 1.165) is 11.3 Å². The van der Waals surface area contributed by atoms with E-state index < -0.39 is 0 Å². The lowest BCUT2D eigenvalue weighted by molar-refractivity contribution is 0.858. The van der Waals surface area contributed by atoms with E-state index in [1.54, 1.807) is 12.3 Å². The molecule has 0 radical (unpaired) electrons. The summed E-state index contributed by atoms with van der Waals surface area (Å²) >= 11 is 5.88. The number of halogens is 1. The van der Waals surface area contributed by atoms with Crippen LogP contribution in [0.4, 0.5) is 11.8 Å². The number of benzene rings is 1. The minimum atomic E-state index is 0.0528. The molecule has 0 spiro atoms. The summed E-state index contributed by atoms with van der Waals surface area (Å²) in [5.41, 5.74) is 7.72. The van der Waals surface area contributed by atoms with E-state index in [1.165, 1.54) is 0 Å². The lowest BCUT2D eigenvalue weighted by Gasteiger charge is -2.15. The van der Waals surface area contributed by atoms with Gasteiger partial charge in [0.1, 0.15) is 11.0 Å². The highest BCUT2D eigenvalue weighted by Crippen LogP contribution is 2.21. The minimum Gasteiger partial charge on any atom is -0.368 e. The van der Waals surface area contributed by atoms with Crippen molar-refractivity contribution in [1.29, 1.82) is 0 Å². The largest absolute Gasteiger partial charge is 0.368 e. The minimum absolute atomic E-state index is 0.0528. The Morgan fingerprint density at radius 1 is 1.23 bits per heavy atom. The monoisotopic (exact) mass is 314 g/mol. The SMILES string of the molecule is CC(Nc1cc(Cl)nc(N)n1)c1ccc(-n2cccn2)cc1. The zero-order valence-corrected chi connectivity index (χ0v) is 12.7. The smallest absolute Gasteiger partial charge is 0.223 e. The van der Waals surface area contributed by atoms with E-state index in [1.807, 2.05) is 48.1 Å². The van der Waals surface area contributed by atoms with Crippen LogP contribution in [0.2, 0.25) is 5.15 Å². The Morgan fingerprint density at radius 2 is 2.00 bits per heavy atom. The molecule has 2 heterocycles. The molecular formula is C15H15ClN6. The third-order valence-electron chi connectivity index (χ3n) is 3.24. The third kappa shape index (κ3) is 3.17. The van der Waals surface area contributed by atoms with Gasteiger partial charge in [0.05, 0.1) is 5.69 Å². The van der Waals surface area contributed by atoms with E-state index in [4.69, 9.17) is 17.3 Å². The third-order valence-corrected chi connectivity index (χ3v) is 3.43. The second-order valence-electron chi connectivity index (χ2n) is 4.84. The standard InChI is InChI=1S/C15H15ClN6/c1-10(19-14-9-13(16)20-15(17)21-14)11-3-5-12(6-4-11)22-8-2-7-18-22/h2-10H,1H3,(H3,17,19,20,21). The molecule has 0 saturated carbocycles. The first-order valence-corrected chi connectivity index (χ1v) is 7.16. The van der Waals surface area contributed by atoms with Crippen molar-refractivity contribution in [1.82, 2.24) is 19.7 Å². The number of anilines is 2. The van der Waals surface area contributed by atoms with Crippen molar-refractivity contribution in [3.63, 3.8) is 0 Å². The maximum atomic E-state index is 5.88. The van der Waals surface area contributed by atoms with Crippen LogP contribution in [0.15, 0.2) is 48.8 Å². The summed E-state index contributed by atoms with van der Waals surface area (Å²) in [7, 11) is 0. The summed E-state index contributed by atoms with van der Waals surface area (Å²) in [5.74, 6) is 0.748. The van der Waals surface area contributed by atoms with E-state index in [0.29, 0.717) is 11.0 Å². The molecule has 22 heavy (non-hydrogen) atoms. The molecule has 1 unspecified atom stereocenters. The fourth-order valence-corrected chi connectivity index (χ4v) is 2.34. The Kier molecular flexibility index (Phi) is 3.93. The fraction of sp³-hybridized carbons (Fsp3) is 0.133. The number of hydrogen-bond acceptors (Lipinski definition) is 5. The maximum absolute atomic E-state index is 5.88. The van der Waals surface area contributed by atoms with Crippen LogP contribution in [0.1, 0.15) is 18.5 Å². The first-order valence-electron chi connectivity index (χ1n) is 6.78. The van der Waals surface area contributed by atoms with Gasteiger partial charge in [-0.25, -0.2) is 9.67 Å². The molecule has 0 fully saturated rings. The first kappa shape index (κ1) is 14.3.